The van der Waals surface area contributed by atoms with E-state index in [0.29, 0.717) is 22.8 Å². The molecule has 0 saturated heterocycles. The quantitative estimate of drug-likeness (QED) is 0.454. The molecule has 0 spiro atoms. The topological polar surface area (TPSA) is 131 Å². The van der Waals surface area contributed by atoms with Crippen LogP contribution in [0.4, 0.5) is 5.82 Å². The van der Waals surface area contributed by atoms with E-state index in [4.69, 9.17) is 0 Å². The summed E-state index contributed by atoms with van der Waals surface area (Å²) >= 11 is 0. The Morgan fingerprint density at radius 2 is 1.76 bits per heavy atom. The van der Waals surface area contributed by atoms with Gasteiger partial charge in [0.15, 0.2) is 5.82 Å². The van der Waals surface area contributed by atoms with Crippen molar-refractivity contribution in [1.82, 2.24) is 24.6 Å². The van der Waals surface area contributed by atoms with Crippen LogP contribution in [0.5, 0.6) is 0 Å². The van der Waals surface area contributed by atoms with Crippen molar-refractivity contribution < 1.29 is 9.59 Å². The second-order valence-corrected chi connectivity index (χ2v) is 10.5. The Labute approximate surface area is 214 Å². The van der Waals surface area contributed by atoms with Gasteiger partial charge in [0.05, 0.1) is 10.9 Å². The number of benzene rings is 1. The smallest absolute Gasteiger partial charge is 0.331 e. The minimum Gasteiger partial charge on any atom is -0.353 e. The van der Waals surface area contributed by atoms with Crippen molar-refractivity contribution in [2.45, 2.75) is 77.4 Å². The summed E-state index contributed by atoms with van der Waals surface area (Å²) in [5.41, 5.74) is 0.381. The lowest BCUT2D eigenvalue weighted by molar-refractivity contribution is -0.127. The van der Waals surface area contributed by atoms with Gasteiger partial charge in [0.2, 0.25) is 11.8 Å². The number of aromatic amines is 1. The number of carbonyl (C=O) groups excluding carboxylic acids is 2. The number of amides is 2. The molecule has 2 aliphatic carbocycles. The molecule has 196 valence electrons. The van der Waals surface area contributed by atoms with Gasteiger partial charge in [0, 0.05) is 30.3 Å². The molecule has 0 radical (unpaired) electrons. The van der Waals surface area contributed by atoms with E-state index in [2.05, 4.69) is 20.8 Å². The number of carbonyl (C=O) groups is 2. The minimum atomic E-state index is -0.502. The maximum atomic E-state index is 13.5. The number of para-hydroxylation sites is 1. The highest BCUT2D eigenvalue weighted by Gasteiger charge is 2.29. The van der Waals surface area contributed by atoms with Gasteiger partial charge in [-0.1, -0.05) is 25.0 Å². The van der Waals surface area contributed by atoms with Crippen molar-refractivity contribution >= 4 is 28.5 Å². The lowest BCUT2D eigenvalue weighted by Gasteiger charge is -2.29. The number of nitrogens with zero attached hydrogens (tertiary/aromatic N) is 3. The van der Waals surface area contributed by atoms with Crippen molar-refractivity contribution in [3.63, 3.8) is 0 Å². The molecule has 3 N–H and O–H groups in total. The predicted molar refractivity (Wildman–Crippen MR) is 140 cm³/mol. The van der Waals surface area contributed by atoms with Crippen molar-refractivity contribution in [3.05, 3.63) is 56.9 Å². The van der Waals surface area contributed by atoms with Crippen molar-refractivity contribution in [2.75, 3.05) is 5.32 Å². The van der Waals surface area contributed by atoms with Gasteiger partial charge in [-0.05, 0) is 63.5 Å². The minimum absolute atomic E-state index is 0.00351. The molecule has 37 heavy (non-hydrogen) atoms. The monoisotopic (exact) mass is 506 g/mol. The molecule has 0 aliphatic heterocycles. The third kappa shape index (κ3) is 5.52. The highest BCUT2D eigenvalue weighted by Crippen LogP contribution is 2.30. The highest BCUT2D eigenvalue weighted by molar-refractivity contribution is 5.90. The fourth-order valence-corrected chi connectivity index (χ4v) is 5.75. The molecule has 0 atom stereocenters. The summed E-state index contributed by atoms with van der Waals surface area (Å²) in [6.07, 6.45) is 7.56. The molecule has 5 rings (SSSR count). The second kappa shape index (κ2) is 10.7. The van der Waals surface area contributed by atoms with Gasteiger partial charge in [0.25, 0.3) is 5.56 Å². The Morgan fingerprint density at radius 1 is 1.03 bits per heavy atom. The average molecular weight is 507 g/mol. The van der Waals surface area contributed by atoms with E-state index in [9.17, 15) is 19.2 Å². The Balaban J connectivity index is 1.31. The molecule has 2 fully saturated rings. The molecular formula is C27H34N6O4. The highest BCUT2D eigenvalue weighted by atomic mass is 16.2. The molecule has 10 heteroatoms. The lowest BCUT2D eigenvalue weighted by Crippen LogP contribution is -2.44. The normalized spacial score (nSPS) is 20.2. The van der Waals surface area contributed by atoms with Gasteiger partial charge in [-0.3, -0.25) is 28.6 Å². The third-order valence-electron chi connectivity index (χ3n) is 7.77. The van der Waals surface area contributed by atoms with Gasteiger partial charge in [-0.15, -0.1) is 0 Å². The first-order valence-electron chi connectivity index (χ1n) is 13.2. The molecule has 0 unspecified atom stereocenters. The number of anilines is 1. The Hall–Kier alpha value is -3.69. The Bertz CT molecular complexity index is 1410. The predicted octanol–water partition coefficient (Wildman–Crippen LogP) is 2.70. The maximum absolute atomic E-state index is 13.5. The third-order valence-corrected chi connectivity index (χ3v) is 7.77. The summed E-state index contributed by atoms with van der Waals surface area (Å²) in [7, 11) is 0. The van der Waals surface area contributed by atoms with Gasteiger partial charge >= 0.3 is 5.69 Å². The average Bonchev–Trinajstić information content (AvgIpc) is 3.56. The van der Waals surface area contributed by atoms with Gasteiger partial charge < -0.3 is 10.6 Å². The zero-order chi connectivity index (χ0) is 25.9. The Morgan fingerprint density at radius 3 is 2.46 bits per heavy atom. The van der Waals surface area contributed by atoms with Crippen molar-refractivity contribution in [1.29, 1.82) is 0 Å². The fraction of sp³-hybridized carbons (Fsp3) is 0.519. The number of fused-ring (bicyclic) bond motifs is 1. The number of aryl methyl sites for hydroxylation is 1. The zero-order valence-electron chi connectivity index (χ0n) is 21.2. The van der Waals surface area contributed by atoms with Crippen LogP contribution in [0.1, 0.15) is 57.1 Å². The summed E-state index contributed by atoms with van der Waals surface area (Å²) in [4.78, 5) is 52.2. The van der Waals surface area contributed by atoms with E-state index in [-0.39, 0.29) is 36.4 Å². The van der Waals surface area contributed by atoms with Crippen LogP contribution in [-0.2, 0) is 22.7 Å². The largest absolute Gasteiger partial charge is 0.353 e. The molecule has 0 bridgehead atoms. The van der Waals surface area contributed by atoms with Gasteiger partial charge in [-0.2, -0.15) is 5.10 Å². The first kappa shape index (κ1) is 25.0. The van der Waals surface area contributed by atoms with E-state index < -0.39 is 11.6 Å². The van der Waals surface area contributed by atoms with Crippen LogP contribution in [0.25, 0.3) is 10.9 Å². The van der Waals surface area contributed by atoms with Gasteiger partial charge in [-0.25, -0.2) is 4.79 Å². The lowest BCUT2D eigenvalue weighted by atomic mass is 9.81. The fourth-order valence-electron chi connectivity index (χ4n) is 5.75. The SMILES string of the molecule is Cc1cc(NC(=O)Cn2c(=O)n(CC3CCC(C(=O)NC4CCCC4)CC3)c(=O)c3ccccc32)n[nH]1. The molecule has 2 heterocycles. The molecule has 3 aromatic rings. The number of rotatable bonds is 7. The van der Waals surface area contributed by atoms with Crippen LogP contribution in [0.2, 0.25) is 0 Å². The molecule has 2 amide bonds. The van der Waals surface area contributed by atoms with E-state index in [1.54, 1.807) is 30.3 Å². The van der Waals surface area contributed by atoms with E-state index in [1.165, 1.54) is 22.0 Å². The number of nitrogens with one attached hydrogen (secondary N) is 3. The Kier molecular flexibility index (Phi) is 7.25. The summed E-state index contributed by atoms with van der Waals surface area (Å²) < 4.78 is 2.62. The summed E-state index contributed by atoms with van der Waals surface area (Å²) in [5.74, 6) is 0.237. The van der Waals surface area contributed by atoms with E-state index >= 15 is 0 Å². The van der Waals surface area contributed by atoms with Crippen molar-refractivity contribution in [3.8, 4) is 0 Å². The molecule has 10 nitrogen and oxygen atoms in total. The zero-order valence-corrected chi connectivity index (χ0v) is 21.2. The molecule has 2 aliphatic rings. The van der Waals surface area contributed by atoms with Crippen molar-refractivity contribution in [2.24, 2.45) is 11.8 Å². The summed E-state index contributed by atoms with van der Waals surface area (Å²) in [6.45, 7) is 1.87. The molecule has 2 aromatic heterocycles. The summed E-state index contributed by atoms with van der Waals surface area (Å²) in [6, 6.07) is 8.88. The van der Waals surface area contributed by atoms with E-state index in [1.807, 2.05) is 6.92 Å². The number of H-pyrrole nitrogens is 1. The summed E-state index contributed by atoms with van der Waals surface area (Å²) in [5, 5.41) is 13.1. The standard InChI is InChI=1S/C27H34N6O4/c1-17-14-23(31-30-17)29-24(34)16-32-22-9-5-4-8-21(22)26(36)33(27(32)37)15-18-10-12-19(13-11-18)25(35)28-20-6-2-3-7-20/h4-5,8-9,14,18-20H,2-3,6-7,10-13,15-16H2,1H3,(H,28,35)(H2,29,30,31,34). The van der Waals surface area contributed by atoms with Gasteiger partial charge in [0.1, 0.15) is 6.54 Å². The second-order valence-electron chi connectivity index (χ2n) is 10.5. The van der Waals surface area contributed by atoms with Crippen LogP contribution in [0.15, 0.2) is 39.9 Å². The van der Waals surface area contributed by atoms with Crippen LogP contribution >= 0.6 is 0 Å². The van der Waals surface area contributed by atoms with Crippen LogP contribution in [-0.4, -0.2) is 37.2 Å². The molecule has 2 saturated carbocycles. The first-order chi connectivity index (χ1) is 17.9. The molecular weight excluding hydrogens is 472 g/mol. The van der Waals surface area contributed by atoms with E-state index in [0.717, 1.165) is 44.2 Å². The number of hydrogen-bond donors (Lipinski definition) is 3. The number of aromatic nitrogens is 4. The molecule has 1 aromatic carbocycles. The first-order valence-corrected chi connectivity index (χ1v) is 13.2. The maximum Gasteiger partial charge on any atom is 0.331 e. The van der Waals surface area contributed by atoms with Crippen LogP contribution in [0.3, 0.4) is 0 Å². The number of hydrogen-bond acceptors (Lipinski definition) is 5. The van der Waals surface area contributed by atoms with Crippen LogP contribution < -0.4 is 21.9 Å². The van der Waals surface area contributed by atoms with Crippen LogP contribution in [0, 0.1) is 18.8 Å².